The molecule has 1 aliphatic rings. The molecule has 27 heavy (non-hydrogen) atoms. The fourth-order valence-corrected chi connectivity index (χ4v) is 5.18. The number of halogens is 1. The monoisotopic (exact) mass is 447 g/mol. The third-order valence-corrected chi connectivity index (χ3v) is 6.84. The number of pyridine rings is 1. The minimum atomic E-state index is -0.794. The Bertz CT molecular complexity index is 1030. The van der Waals surface area contributed by atoms with E-state index in [1.165, 1.54) is 11.5 Å². The Hall–Kier alpha value is -1.54. The van der Waals surface area contributed by atoms with Crippen molar-refractivity contribution >= 4 is 37.7 Å². The topological polar surface area (TPSA) is 58.4 Å². The number of fused-ring (bicyclic) bond motifs is 1. The zero-order chi connectivity index (χ0) is 19.2. The zero-order valence-corrected chi connectivity index (χ0v) is 17.8. The lowest BCUT2D eigenvalue weighted by atomic mass is 9.84. The molecule has 0 atom stereocenters. The van der Waals surface area contributed by atoms with Crippen molar-refractivity contribution in [2.45, 2.75) is 39.0 Å². The van der Waals surface area contributed by atoms with Crippen molar-refractivity contribution in [2.75, 3.05) is 13.1 Å². The molecule has 1 fully saturated rings. The number of aromatic nitrogens is 2. The Labute approximate surface area is 170 Å². The summed E-state index contributed by atoms with van der Waals surface area (Å²) < 4.78 is 2.80. The third kappa shape index (κ3) is 3.61. The van der Waals surface area contributed by atoms with Gasteiger partial charge in [0.25, 0.3) is 5.56 Å². The molecule has 1 aromatic carbocycles. The Morgan fingerprint density at radius 1 is 1.22 bits per heavy atom. The predicted molar refractivity (Wildman–Crippen MR) is 112 cm³/mol. The van der Waals surface area contributed by atoms with Crippen LogP contribution in [0.25, 0.3) is 10.2 Å². The van der Waals surface area contributed by atoms with Crippen LogP contribution in [-0.2, 0) is 12.3 Å². The molecule has 3 heterocycles. The molecule has 3 aromatic rings. The normalized spacial score (nSPS) is 17.5. The summed E-state index contributed by atoms with van der Waals surface area (Å²) in [5, 5.41) is 11.8. The van der Waals surface area contributed by atoms with Gasteiger partial charge in [0, 0.05) is 23.3 Å². The molecule has 7 heteroatoms. The maximum absolute atomic E-state index is 12.8. The number of rotatable bonds is 3. The van der Waals surface area contributed by atoms with Crippen LogP contribution < -0.4 is 5.56 Å². The molecular weight excluding hydrogens is 426 g/mol. The van der Waals surface area contributed by atoms with Gasteiger partial charge >= 0.3 is 0 Å². The van der Waals surface area contributed by atoms with Crippen molar-refractivity contribution in [3.8, 4) is 0 Å². The van der Waals surface area contributed by atoms with Gasteiger partial charge in [0.1, 0.15) is 4.83 Å². The molecule has 2 aromatic heterocycles. The molecule has 0 aliphatic carbocycles. The van der Waals surface area contributed by atoms with Crippen LogP contribution in [-0.4, -0.2) is 32.0 Å². The van der Waals surface area contributed by atoms with Crippen LogP contribution >= 0.6 is 27.5 Å². The van der Waals surface area contributed by atoms with E-state index in [1.807, 2.05) is 44.2 Å². The summed E-state index contributed by atoms with van der Waals surface area (Å²) in [6.45, 7) is 5.97. The van der Waals surface area contributed by atoms with E-state index in [0.717, 1.165) is 44.6 Å². The second-order valence-corrected chi connectivity index (χ2v) is 9.26. The van der Waals surface area contributed by atoms with Crippen LogP contribution in [0.4, 0.5) is 0 Å². The molecule has 1 N–H and O–H groups in total. The van der Waals surface area contributed by atoms with E-state index in [4.69, 9.17) is 0 Å². The Balaban J connectivity index is 1.50. The van der Waals surface area contributed by atoms with Crippen LogP contribution in [0.3, 0.4) is 0 Å². The van der Waals surface area contributed by atoms with E-state index in [-0.39, 0.29) is 5.56 Å². The number of likely N-dealkylation sites (tertiary alicyclic amines) is 1. The van der Waals surface area contributed by atoms with Gasteiger partial charge in [0.2, 0.25) is 0 Å². The van der Waals surface area contributed by atoms with E-state index in [0.29, 0.717) is 19.5 Å². The van der Waals surface area contributed by atoms with Crippen LogP contribution in [0.5, 0.6) is 0 Å². The quantitative estimate of drug-likeness (QED) is 0.663. The van der Waals surface area contributed by atoms with Gasteiger partial charge < -0.3 is 5.11 Å². The predicted octanol–water partition coefficient (Wildman–Crippen LogP) is 3.78. The van der Waals surface area contributed by atoms with Crippen molar-refractivity contribution in [3.63, 3.8) is 0 Å². The summed E-state index contributed by atoms with van der Waals surface area (Å²) in [5.41, 5.74) is 2.12. The second-order valence-electron chi connectivity index (χ2n) is 7.33. The molecule has 0 unspecified atom stereocenters. The van der Waals surface area contributed by atoms with Gasteiger partial charge in [-0.1, -0.05) is 28.1 Å². The largest absolute Gasteiger partial charge is 0.385 e. The molecule has 0 spiro atoms. The molecule has 142 valence electrons. The molecule has 1 saturated heterocycles. The molecule has 0 radical (unpaired) electrons. The lowest BCUT2D eigenvalue weighted by Gasteiger charge is -2.38. The fourth-order valence-electron chi connectivity index (χ4n) is 3.79. The Morgan fingerprint density at radius 2 is 1.89 bits per heavy atom. The number of aryl methyl sites for hydroxylation is 2. The van der Waals surface area contributed by atoms with Gasteiger partial charge in [-0.25, -0.2) is 8.94 Å². The van der Waals surface area contributed by atoms with Gasteiger partial charge in [-0.2, -0.15) is 0 Å². The van der Waals surface area contributed by atoms with E-state index >= 15 is 0 Å². The highest BCUT2D eigenvalue weighted by Crippen LogP contribution is 2.33. The van der Waals surface area contributed by atoms with Gasteiger partial charge in [0.05, 0.1) is 17.7 Å². The molecule has 0 saturated carbocycles. The number of hydrogen-bond donors (Lipinski definition) is 1. The molecule has 5 nitrogen and oxygen atoms in total. The van der Waals surface area contributed by atoms with Gasteiger partial charge in [-0.05, 0) is 67.5 Å². The lowest BCUT2D eigenvalue weighted by Crippen LogP contribution is -2.43. The summed E-state index contributed by atoms with van der Waals surface area (Å²) in [4.78, 5) is 20.3. The maximum atomic E-state index is 12.8. The molecular formula is C20H22BrN3O2S. The summed E-state index contributed by atoms with van der Waals surface area (Å²) in [6, 6.07) is 9.85. The van der Waals surface area contributed by atoms with Crippen LogP contribution in [0.2, 0.25) is 0 Å². The van der Waals surface area contributed by atoms with E-state index < -0.39 is 5.60 Å². The van der Waals surface area contributed by atoms with Gasteiger partial charge in [-0.3, -0.25) is 9.69 Å². The zero-order valence-electron chi connectivity index (χ0n) is 15.4. The molecule has 0 amide bonds. The second kappa shape index (κ2) is 7.13. The highest BCUT2D eigenvalue weighted by molar-refractivity contribution is 9.10. The number of aliphatic hydroxyl groups is 1. The summed E-state index contributed by atoms with van der Waals surface area (Å²) in [7, 11) is 0. The number of piperidine rings is 1. The van der Waals surface area contributed by atoms with E-state index in [1.54, 1.807) is 3.96 Å². The third-order valence-electron chi connectivity index (χ3n) is 5.34. The lowest BCUT2D eigenvalue weighted by molar-refractivity contribution is -0.0319. The smallest absolute Gasteiger partial charge is 0.271 e. The highest BCUT2D eigenvalue weighted by Gasteiger charge is 2.34. The van der Waals surface area contributed by atoms with Gasteiger partial charge in [-0.15, -0.1) is 0 Å². The van der Waals surface area contributed by atoms with Crippen molar-refractivity contribution in [2.24, 2.45) is 0 Å². The first-order valence-corrected chi connectivity index (χ1v) is 10.6. The Kier molecular flexibility index (Phi) is 4.96. The van der Waals surface area contributed by atoms with Crippen molar-refractivity contribution in [1.82, 2.24) is 13.8 Å². The summed E-state index contributed by atoms with van der Waals surface area (Å²) >= 11 is 4.87. The van der Waals surface area contributed by atoms with Crippen LogP contribution in [0.15, 0.2) is 39.6 Å². The first-order valence-electron chi connectivity index (χ1n) is 9.04. The minimum absolute atomic E-state index is 0.0359. The minimum Gasteiger partial charge on any atom is -0.385 e. The number of hydrogen-bond acceptors (Lipinski definition) is 5. The first kappa shape index (κ1) is 18.8. The van der Waals surface area contributed by atoms with Gasteiger partial charge in [0.15, 0.2) is 0 Å². The number of benzene rings is 1. The van der Waals surface area contributed by atoms with E-state index in [9.17, 15) is 9.90 Å². The fraction of sp³-hybridized carbons (Fsp3) is 0.400. The SMILES string of the molecule is Cc1cc(C)c2c(=O)n(CN3CCC(O)(c4ccc(Br)cc4)CC3)sc2n1. The Morgan fingerprint density at radius 3 is 2.56 bits per heavy atom. The molecule has 1 aliphatic heterocycles. The number of nitrogens with zero attached hydrogens (tertiary/aromatic N) is 3. The summed E-state index contributed by atoms with van der Waals surface area (Å²) in [6.07, 6.45) is 1.31. The highest BCUT2D eigenvalue weighted by atomic mass is 79.9. The maximum Gasteiger partial charge on any atom is 0.271 e. The van der Waals surface area contributed by atoms with Crippen LogP contribution in [0.1, 0.15) is 29.7 Å². The van der Waals surface area contributed by atoms with Crippen molar-refractivity contribution in [3.05, 3.63) is 62.0 Å². The standard InChI is InChI=1S/C20H22BrN3O2S/c1-13-11-14(2)22-18-17(13)19(25)24(27-18)12-23-9-7-20(26,8-10-23)15-3-5-16(21)6-4-15/h3-6,11,26H,7-10,12H2,1-2H3. The van der Waals surface area contributed by atoms with Crippen molar-refractivity contribution < 1.29 is 5.11 Å². The first-order chi connectivity index (χ1) is 12.9. The van der Waals surface area contributed by atoms with E-state index in [2.05, 4.69) is 25.8 Å². The molecule has 0 bridgehead atoms. The average Bonchev–Trinajstić information content (AvgIpc) is 2.93. The average molecular weight is 448 g/mol. The summed E-state index contributed by atoms with van der Waals surface area (Å²) in [5.74, 6) is 0. The molecule has 4 rings (SSSR count). The van der Waals surface area contributed by atoms with Crippen molar-refractivity contribution in [1.29, 1.82) is 0 Å². The van der Waals surface area contributed by atoms with Crippen LogP contribution in [0, 0.1) is 13.8 Å².